The molecular weight excluding hydrogens is 262 g/mol. The van der Waals surface area contributed by atoms with Crippen molar-refractivity contribution in [2.45, 2.75) is 20.3 Å². The van der Waals surface area contributed by atoms with Crippen molar-refractivity contribution in [3.05, 3.63) is 36.0 Å². The first-order valence-electron chi connectivity index (χ1n) is 7.22. The zero-order valence-corrected chi connectivity index (χ0v) is 13.1. The average molecular weight is 285 g/mol. The van der Waals surface area contributed by atoms with Gasteiger partial charge >= 0.3 is 0 Å². The minimum absolute atomic E-state index is 0.670. The lowest BCUT2D eigenvalue weighted by Crippen LogP contribution is -2.09. The largest absolute Gasteiger partial charge is 0.378 e. The molecule has 0 bridgehead atoms. The molecule has 1 aromatic heterocycles. The third-order valence-corrected chi connectivity index (χ3v) is 3.02. The number of rotatable bonds is 6. The van der Waals surface area contributed by atoms with Crippen LogP contribution in [0.4, 0.5) is 23.1 Å². The maximum Gasteiger partial charge on any atom is 0.224 e. The summed E-state index contributed by atoms with van der Waals surface area (Å²) in [6.07, 6.45) is 1.05. The second kappa shape index (κ2) is 6.92. The first-order chi connectivity index (χ1) is 10.1. The van der Waals surface area contributed by atoms with Gasteiger partial charge in [-0.25, -0.2) is 4.98 Å². The van der Waals surface area contributed by atoms with Crippen LogP contribution in [0.25, 0.3) is 0 Å². The monoisotopic (exact) mass is 285 g/mol. The lowest BCUT2D eigenvalue weighted by atomic mass is 10.2. The highest BCUT2D eigenvalue weighted by molar-refractivity contribution is 5.63. The summed E-state index contributed by atoms with van der Waals surface area (Å²) in [4.78, 5) is 11.0. The van der Waals surface area contributed by atoms with E-state index in [1.165, 1.54) is 0 Å². The summed E-state index contributed by atoms with van der Waals surface area (Å²) >= 11 is 0. The van der Waals surface area contributed by atoms with E-state index in [2.05, 4.69) is 44.6 Å². The van der Waals surface area contributed by atoms with Crippen LogP contribution in [0.2, 0.25) is 0 Å². The molecule has 0 atom stereocenters. The number of nitrogens with zero attached hydrogens (tertiary/aromatic N) is 3. The molecule has 1 heterocycles. The molecule has 1 aromatic carbocycles. The number of hydrogen-bond donors (Lipinski definition) is 2. The van der Waals surface area contributed by atoms with Crippen molar-refractivity contribution in [3.8, 4) is 0 Å². The molecule has 112 valence electrons. The molecule has 2 rings (SSSR count). The standard InChI is InChI=1S/C16H23N5/c1-5-9-17-16-18-12(2)10-15(20-16)19-13-7-6-8-14(11-13)21(3)4/h6-8,10-11H,5,9H2,1-4H3,(H2,17,18,19,20). The zero-order chi connectivity index (χ0) is 15.2. The third kappa shape index (κ3) is 4.34. The highest BCUT2D eigenvalue weighted by Gasteiger charge is 2.03. The van der Waals surface area contributed by atoms with Crippen molar-refractivity contribution in [1.82, 2.24) is 9.97 Å². The molecule has 5 heteroatoms. The summed E-state index contributed by atoms with van der Waals surface area (Å²) in [7, 11) is 4.06. The van der Waals surface area contributed by atoms with Gasteiger partial charge in [-0.05, 0) is 31.5 Å². The van der Waals surface area contributed by atoms with Crippen LogP contribution in [0.5, 0.6) is 0 Å². The molecule has 0 saturated carbocycles. The maximum atomic E-state index is 4.49. The smallest absolute Gasteiger partial charge is 0.224 e. The molecule has 0 aliphatic rings. The average Bonchev–Trinajstić information content (AvgIpc) is 2.45. The van der Waals surface area contributed by atoms with Gasteiger partial charge in [-0.15, -0.1) is 0 Å². The lowest BCUT2D eigenvalue weighted by molar-refractivity contribution is 0.947. The predicted octanol–water partition coefficient (Wildman–Crippen LogP) is 3.42. The summed E-state index contributed by atoms with van der Waals surface area (Å²) in [6.45, 7) is 4.97. The fourth-order valence-corrected chi connectivity index (χ4v) is 1.96. The van der Waals surface area contributed by atoms with E-state index in [0.717, 1.165) is 35.9 Å². The minimum atomic E-state index is 0.670. The van der Waals surface area contributed by atoms with E-state index in [1.54, 1.807) is 0 Å². The number of nitrogens with one attached hydrogen (secondary N) is 2. The van der Waals surface area contributed by atoms with E-state index in [4.69, 9.17) is 0 Å². The Labute approximate surface area is 126 Å². The van der Waals surface area contributed by atoms with Gasteiger partial charge in [0.25, 0.3) is 0 Å². The van der Waals surface area contributed by atoms with Gasteiger partial charge in [-0.1, -0.05) is 13.0 Å². The Kier molecular flexibility index (Phi) is 4.98. The molecule has 0 saturated heterocycles. The normalized spacial score (nSPS) is 10.3. The number of aromatic nitrogens is 2. The molecule has 2 N–H and O–H groups in total. The van der Waals surface area contributed by atoms with Crippen molar-refractivity contribution in [3.63, 3.8) is 0 Å². The zero-order valence-electron chi connectivity index (χ0n) is 13.1. The number of anilines is 4. The van der Waals surface area contributed by atoms with Crippen molar-refractivity contribution in [2.75, 3.05) is 36.2 Å². The highest BCUT2D eigenvalue weighted by Crippen LogP contribution is 2.21. The summed E-state index contributed by atoms with van der Waals surface area (Å²) in [5.74, 6) is 1.47. The first-order valence-corrected chi connectivity index (χ1v) is 7.22. The van der Waals surface area contributed by atoms with Crippen LogP contribution >= 0.6 is 0 Å². The van der Waals surface area contributed by atoms with Crippen molar-refractivity contribution >= 4 is 23.1 Å². The van der Waals surface area contributed by atoms with Crippen molar-refractivity contribution in [1.29, 1.82) is 0 Å². The topological polar surface area (TPSA) is 53.1 Å². The van der Waals surface area contributed by atoms with Crippen LogP contribution in [0.1, 0.15) is 19.0 Å². The van der Waals surface area contributed by atoms with E-state index < -0.39 is 0 Å². The van der Waals surface area contributed by atoms with Gasteiger partial charge in [-0.3, -0.25) is 0 Å². The Morgan fingerprint density at radius 1 is 1.14 bits per heavy atom. The molecular formula is C16H23N5. The van der Waals surface area contributed by atoms with E-state index in [-0.39, 0.29) is 0 Å². The van der Waals surface area contributed by atoms with Crippen LogP contribution in [0, 0.1) is 6.92 Å². The molecule has 21 heavy (non-hydrogen) atoms. The van der Waals surface area contributed by atoms with Gasteiger partial charge in [0.15, 0.2) is 0 Å². The molecule has 0 aliphatic heterocycles. The predicted molar refractivity (Wildman–Crippen MR) is 89.6 cm³/mol. The summed E-state index contributed by atoms with van der Waals surface area (Å²) in [6, 6.07) is 10.2. The Morgan fingerprint density at radius 3 is 2.67 bits per heavy atom. The SMILES string of the molecule is CCCNc1nc(C)cc(Nc2cccc(N(C)C)c2)n1. The van der Waals surface area contributed by atoms with Gasteiger partial charge in [-0.2, -0.15) is 4.98 Å². The molecule has 0 radical (unpaired) electrons. The van der Waals surface area contributed by atoms with E-state index >= 15 is 0 Å². The number of aryl methyl sites for hydroxylation is 1. The number of benzene rings is 1. The summed E-state index contributed by atoms with van der Waals surface area (Å²) < 4.78 is 0. The lowest BCUT2D eigenvalue weighted by Gasteiger charge is -2.14. The molecule has 0 unspecified atom stereocenters. The van der Waals surface area contributed by atoms with Crippen LogP contribution < -0.4 is 15.5 Å². The van der Waals surface area contributed by atoms with Crippen LogP contribution in [0.15, 0.2) is 30.3 Å². The number of hydrogen-bond acceptors (Lipinski definition) is 5. The summed E-state index contributed by atoms with van der Waals surface area (Å²) in [5.41, 5.74) is 3.10. The molecule has 5 nitrogen and oxygen atoms in total. The maximum absolute atomic E-state index is 4.49. The van der Waals surface area contributed by atoms with E-state index in [9.17, 15) is 0 Å². The quantitative estimate of drug-likeness (QED) is 0.851. The van der Waals surface area contributed by atoms with Crippen LogP contribution in [-0.2, 0) is 0 Å². The fraction of sp³-hybridized carbons (Fsp3) is 0.375. The van der Waals surface area contributed by atoms with Gasteiger partial charge in [0.1, 0.15) is 5.82 Å². The van der Waals surface area contributed by atoms with Gasteiger partial charge in [0.05, 0.1) is 0 Å². The van der Waals surface area contributed by atoms with Gasteiger partial charge in [0, 0.05) is 43.8 Å². The molecule has 0 amide bonds. The molecule has 0 spiro atoms. The second-order valence-electron chi connectivity index (χ2n) is 5.21. The third-order valence-electron chi connectivity index (χ3n) is 3.02. The minimum Gasteiger partial charge on any atom is -0.378 e. The van der Waals surface area contributed by atoms with Crippen molar-refractivity contribution in [2.24, 2.45) is 0 Å². The first kappa shape index (κ1) is 15.1. The Hall–Kier alpha value is -2.30. The second-order valence-corrected chi connectivity index (χ2v) is 5.21. The molecule has 0 aliphatic carbocycles. The van der Waals surface area contributed by atoms with Crippen LogP contribution in [0.3, 0.4) is 0 Å². The highest BCUT2D eigenvalue weighted by atomic mass is 15.1. The van der Waals surface area contributed by atoms with Gasteiger partial charge < -0.3 is 15.5 Å². The Balaban J connectivity index is 2.18. The fourth-order valence-electron chi connectivity index (χ4n) is 1.96. The summed E-state index contributed by atoms with van der Waals surface area (Å²) in [5, 5.41) is 6.56. The molecule has 0 fully saturated rings. The van der Waals surface area contributed by atoms with Gasteiger partial charge in [0.2, 0.25) is 5.95 Å². The molecule has 2 aromatic rings. The van der Waals surface area contributed by atoms with E-state index in [0.29, 0.717) is 5.95 Å². The Bertz CT molecular complexity index is 595. The van der Waals surface area contributed by atoms with Crippen molar-refractivity contribution < 1.29 is 0 Å². The van der Waals surface area contributed by atoms with Crippen LogP contribution in [-0.4, -0.2) is 30.6 Å². The Morgan fingerprint density at radius 2 is 1.95 bits per heavy atom. The van der Waals surface area contributed by atoms with E-state index in [1.807, 2.05) is 39.2 Å².